The van der Waals surface area contributed by atoms with Gasteiger partial charge in [0.1, 0.15) is 5.75 Å². The van der Waals surface area contributed by atoms with Crippen LogP contribution in [-0.4, -0.2) is 13.7 Å². The number of halogens is 1. The van der Waals surface area contributed by atoms with E-state index in [0.717, 1.165) is 16.8 Å². The van der Waals surface area contributed by atoms with Crippen LogP contribution < -0.4 is 10.1 Å². The highest BCUT2D eigenvalue weighted by molar-refractivity contribution is 9.10. The summed E-state index contributed by atoms with van der Waals surface area (Å²) >= 11 is 3.54. The summed E-state index contributed by atoms with van der Waals surface area (Å²) in [6.45, 7) is 5.23. The summed E-state index contributed by atoms with van der Waals surface area (Å²) < 4.78 is 6.23. The molecule has 0 aliphatic heterocycles. The van der Waals surface area contributed by atoms with E-state index in [9.17, 15) is 0 Å². The van der Waals surface area contributed by atoms with Crippen molar-refractivity contribution in [1.29, 1.82) is 0 Å². The molecule has 3 heteroatoms. The minimum atomic E-state index is 0.361. The second kappa shape index (κ2) is 5.37. The van der Waals surface area contributed by atoms with Crippen LogP contribution in [0.3, 0.4) is 0 Å². The number of benzene rings is 1. The number of methoxy groups -OCH3 is 1. The van der Waals surface area contributed by atoms with Gasteiger partial charge in [0.2, 0.25) is 0 Å². The van der Waals surface area contributed by atoms with Crippen LogP contribution in [0.1, 0.15) is 25.5 Å². The van der Waals surface area contributed by atoms with E-state index in [1.165, 1.54) is 5.56 Å². The standard InChI is InChI=1S/C11H16BrNO/c1-4-13-8(2)10-6-5-9(14-3)7-11(10)12/h5-8,13H,4H2,1-3H3. The summed E-state index contributed by atoms with van der Waals surface area (Å²) in [6.07, 6.45) is 0. The zero-order chi connectivity index (χ0) is 10.6. The Morgan fingerprint density at radius 1 is 1.50 bits per heavy atom. The minimum Gasteiger partial charge on any atom is -0.497 e. The van der Waals surface area contributed by atoms with Crippen molar-refractivity contribution in [2.75, 3.05) is 13.7 Å². The van der Waals surface area contributed by atoms with Gasteiger partial charge in [-0.1, -0.05) is 28.9 Å². The van der Waals surface area contributed by atoms with Crippen LogP contribution in [0.5, 0.6) is 5.75 Å². The van der Waals surface area contributed by atoms with Crippen LogP contribution >= 0.6 is 15.9 Å². The SMILES string of the molecule is CCNC(C)c1ccc(OC)cc1Br. The lowest BCUT2D eigenvalue weighted by molar-refractivity contribution is 0.414. The molecule has 0 spiro atoms. The average Bonchev–Trinajstić information content (AvgIpc) is 2.17. The van der Waals surface area contributed by atoms with Crippen LogP contribution in [0.25, 0.3) is 0 Å². The van der Waals surface area contributed by atoms with Gasteiger partial charge in [0.15, 0.2) is 0 Å². The quantitative estimate of drug-likeness (QED) is 0.895. The van der Waals surface area contributed by atoms with Crippen molar-refractivity contribution in [1.82, 2.24) is 5.32 Å². The fourth-order valence-electron chi connectivity index (χ4n) is 1.40. The van der Waals surface area contributed by atoms with E-state index in [4.69, 9.17) is 4.74 Å². The molecule has 1 N–H and O–H groups in total. The lowest BCUT2D eigenvalue weighted by Gasteiger charge is -2.15. The van der Waals surface area contributed by atoms with Crippen molar-refractivity contribution in [2.45, 2.75) is 19.9 Å². The largest absolute Gasteiger partial charge is 0.497 e. The Kier molecular flexibility index (Phi) is 4.42. The van der Waals surface area contributed by atoms with Gasteiger partial charge in [-0.05, 0) is 31.2 Å². The van der Waals surface area contributed by atoms with Gasteiger partial charge < -0.3 is 10.1 Å². The third-order valence-electron chi connectivity index (χ3n) is 2.18. The summed E-state index contributed by atoms with van der Waals surface area (Å²) in [5, 5.41) is 3.37. The number of hydrogen-bond donors (Lipinski definition) is 1. The topological polar surface area (TPSA) is 21.3 Å². The molecular formula is C11H16BrNO. The normalized spacial score (nSPS) is 12.6. The van der Waals surface area contributed by atoms with Crippen molar-refractivity contribution in [2.24, 2.45) is 0 Å². The monoisotopic (exact) mass is 257 g/mol. The third kappa shape index (κ3) is 2.72. The summed E-state index contributed by atoms with van der Waals surface area (Å²) in [7, 11) is 1.68. The predicted molar refractivity (Wildman–Crippen MR) is 62.8 cm³/mol. The van der Waals surface area contributed by atoms with Gasteiger partial charge in [0, 0.05) is 10.5 Å². The van der Waals surface area contributed by atoms with Gasteiger partial charge in [-0.15, -0.1) is 0 Å². The van der Waals surface area contributed by atoms with E-state index in [-0.39, 0.29) is 0 Å². The lowest BCUT2D eigenvalue weighted by atomic mass is 10.1. The molecule has 0 saturated carbocycles. The maximum Gasteiger partial charge on any atom is 0.120 e. The Hall–Kier alpha value is -0.540. The van der Waals surface area contributed by atoms with E-state index in [0.29, 0.717) is 6.04 Å². The number of ether oxygens (including phenoxy) is 1. The number of nitrogens with one attached hydrogen (secondary N) is 1. The van der Waals surface area contributed by atoms with Crippen LogP contribution in [0.15, 0.2) is 22.7 Å². The first-order valence-corrected chi connectivity index (χ1v) is 5.55. The predicted octanol–water partition coefficient (Wildman–Crippen LogP) is 3.13. The number of hydrogen-bond acceptors (Lipinski definition) is 2. The molecule has 0 amide bonds. The first kappa shape index (κ1) is 11.5. The highest BCUT2D eigenvalue weighted by Crippen LogP contribution is 2.27. The van der Waals surface area contributed by atoms with Gasteiger partial charge in [-0.2, -0.15) is 0 Å². The molecule has 2 nitrogen and oxygen atoms in total. The van der Waals surface area contributed by atoms with Crippen LogP contribution in [0.2, 0.25) is 0 Å². The molecule has 1 aromatic rings. The van der Waals surface area contributed by atoms with E-state index in [1.807, 2.05) is 12.1 Å². The van der Waals surface area contributed by atoms with Crippen LogP contribution in [0, 0.1) is 0 Å². The Morgan fingerprint density at radius 2 is 2.21 bits per heavy atom. The smallest absolute Gasteiger partial charge is 0.120 e. The molecule has 0 radical (unpaired) electrons. The molecular weight excluding hydrogens is 242 g/mol. The molecule has 78 valence electrons. The van der Waals surface area contributed by atoms with E-state index >= 15 is 0 Å². The van der Waals surface area contributed by atoms with Crippen molar-refractivity contribution in [3.05, 3.63) is 28.2 Å². The van der Waals surface area contributed by atoms with Crippen LogP contribution in [0.4, 0.5) is 0 Å². The zero-order valence-corrected chi connectivity index (χ0v) is 10.4. The molecule has 0 aliphatic carbocycles. The van der Waals surface area contributed by atoms with Gasteiger partial charge >= 0.3 is 0 Å². The maximum atomic E-state index is 5.14. The van der Waals surface area contributed by atoms with Crippen molar-refractivity contribution >= 4 is 15.9 Å². The van der Waals surface area contributed by atoms with Gasteiger partial charge in [-0.3, -0.25) is 0 Å². The lowest BCUT2D eigenvalue weighted by Crippen LogP contribution is -2.17. The first-order chi connectivity index (χ1) is 6.69. The molecule has 0 aromatic heterocycles. The molecule has 14 heavy (non-hydrogen) atoms. The minimum absolute atomic E-state index is 0.361. The van der Waals surface area contributed by atoms with Crippen molar-refractivity contribution in [3.63, 3.8) is 0 Å². The Labute approximate surface area is 93.8 Å². The summed E-state index contributed by atoms with van der Waals surface area (Å²) in [4.78, 5) is 0. The Morgan fingerprint density at radius 3 is 2.71 bits per heavy atom. The maximum absolute atomic E-state index is 5.14. The molecule has 0 aliphatic rings. The van der Waals surface area contributed by atoms with Crippen molar-refractivity contribution < 1.29 is 4.74 Å². The molecule has 0 bridgehead atoms. The Balaban J connectivity index is 2.88. The molecule has 0 heterocycles. The molecule has 1 unspecified atom stereocenters. The van der Waals surface area contributed by atoms with Crippen molar-refractivity contribution in [3.8, 4) is 5.75 Å². The number of rotatable bonds is 4. The van der Waals surface area contributed by atoms with Gasteiger partial charge in [0.05, 0.1) is 7.11 Å². The summed E-state index contributed by atoms with van der Waals surface area (Å²) in [6, 6.07) is 6.41. The van der Waals surface area contributed by atoms with Crippen LogP contribution in [-0.2, 0) is 0 Å². The van der Waals surface area contributed by atoms with Gasteiger partial charge in [0.25, 0.3) is 0 Å². The average molecular weight is 258 g/mol. The molecule has 1 aromatic carbocycles. The Bertz CT molecular complexity index is 301. The zero-order valence-electron chi connectivity index (χ0n) is 8.80. The molecule has 0 fully saturated rings. The fraction of sp³-hybridized carbons (Fsp3) is 0.455. The van der Waals surface area contributed by atoms with Gasteiger partial charge in [-0.25, -0.2) is 0 Å². The third-order valence-corrected chi connectivity index (χ3v) is 2.87. The van der Waals surface area contributed by atoms with E-state index in [2.05, 4.69) is 41.2 Å². The first-order valence-electron chi connectivity index (χ1n) is 4.75. The van der Waals surface area contributed by atoms with E-state index in [1.54, 1.807) is 7.11 Å². The highest BCUT2D eigenvalue weighted by atomic mass is 79.9. The van der Waals surface area contributed by atoms with E-state index < -0.39 is 0 Å². The second-order valence-corrected chi connectivity index (χ2v) is 4.02. The highest BCUT2D eigenvalue weighted by Gasteiger charge is 2.08. The summed E-state index contributed by atoms with van der Waals surface area (Å²) in [5.41, 5.74) is 1.26. The molecule has 0 saturated heterocycles. The fourth-order valence-corrected chi connectivity index (χ4v) is 2.10. The summed E-state index contributed by atoms with van der Waals surface area (Å²) in [5.74, 6) is 0.879. The molecule has 1 atom stereocenters. The second-order valence-electron chi connectivity index (χ2n) is 3.17. The molecule has 1 rings (SSSR count).